The van der Waals surface area contributed by atoms with Crippen LogP contribution in [-0.4, -0.2) is 41.9 Å². The lowest BCUT2D eigenvalue weighted by atomic mass is 10.1. The molecule has 0 spiro atoms. The summed E-state index contributed by atoms with van der Waals surface area (Å²) in [5.74, 6) is 0. The molecule has 0 N–H and O–H groups in total. The monoisotopic (exact) mass is 320 g/mol. The molecule has 1 aromatic carbocycles. The molecule has 0 bridgehead atoms. The van der Waals surface area contributed by atoms with E-state index >= 15 is 0 Å². The first-order chi connectivity index (χ1) is 11.8. The van der Waals surface area contributed by atoms with Gasteiger partial charge in [-0.3, -0.25) is 9.69 Å². The van der Waals surface area contributed by atoms with Gasteiger partial charge >= 0.3 is 0 Å². The van der Waals surface area contributed by atoms with Gasteiger partial charge in [-0.15, -0.1) is 0 Å². The lowest BCUT2D eigenvalue weighted by molar-refractivity contribution is 0.0342. The van der Waals surface area contributed by atoms with Crippen molar-refractivity contribution < 1.29 is 9.53 Å². The Bertz CT molecular complexity index is 846. The number of morpholine rings is 1. The molecule has 0 saturated carbocycles. The van der Waals surface area contributed by atoms with E-state index in [0.29, 0.717) is 0 Å². The van der Waals surface area contributed by atoms with Crippen LogP contribution < -0.4 is 0 Å². The highest BCUT2D eigenvalue weighted by Crippen LogP contribution is 2.27. The number of hydrogen-bond donors (Lipinski definition) is 0. The second-order valence-electron chi connectivity index (χ2n) is 6.15. The molecule has 1 aliphatic rings. The number of aldehydes is 1. The molecule has 0 aliphatic carbocycles. The number of carbonyl (C=O) groups excluding carboxylic acids is 1. The number of hydrogen-bond acceptors (Lipinski definition) is 3. The third kappa shape index (κ3) is 2.86. The summed E-state index contributed by atoms with van der Waals surface area (Å²) in [6, 6.07) is 16.4. The van der Waals surface area contributed by atoms with E-state index in [1.54, 1.807) is 0 Å². The molecule has 3 aromatic rings. The van der Waals surface area contributed by atoms with Gasteiger partial charge in [0.25, 0.3) is 0 Å². The number of fused-ring (bicyclic) bond motifs is 1. The van der Waals surface area contributed by atoms with Gasteiger partial charge in [-0.25, -0.2) is 0 Å². The molecule has 1 fully saturated rings. The molecule has 4 heteroatoms. The first kappa shape index (κ1) is 15.1. The Balaban J connectivity index is 1.64. The highest BCUT2D eigenvalue weighted by atomic mass is 16.5. The van der Waals surface area contributed by atoms with Crippen LogP contribution in [0.4, 0.5) is 0 Å². The maximum atomic E-state index is 11.5. The quantitative estimate of drug-likeness (QED) is 0.692. The van der Waals surface area contributed by atoms with E-state index in [2.05, 4.69) is 33.6 Å². The molecule has 2 aromatic heterocycles. The molecule has 4 nitrogen and oxygen atoms in total. The average Bonchev–Trinajstić information content (AvgIpc) is 3.02. The van der Waals surface area contributed by atoms with Gasteiger partial charge in [0, 0.05) is 36.9 Å². The topological polar surface area (TPSA) is 34.0 Å². The fraction of sp³-hybridized carbons (Fsp3) is 0.250. The number of aromatic nitrogens is 1. The summed E-state index contributed by atoms with van der Waals surface area (Å²) < 4.78 is 7.46. The van der Waals surface area contributed by atoms with Crippen LogP contribution in [0.2, 0.25) is 0 Å². The van der Waals surface area contributed by atoms with E-state index in [1.807, 2.05) is 30.5 Å². The van der Waals surface area contributed by atoms with Gasteiger partial charge < -0.3 is 9.14 Å². The summed E-state index contributed by atoms with van der Waals surface area (Å²) in [7, 11) is 0. The fourth-order valence-corrected chi connectivity index (χ4v) is 3.33. The standard InChI is InChI=1S/C20H20N2O2/c23-15-18-13-19-3-1-2-8-22(19)20(18)17-6-4-16(5-7-17)14-21-9-11-24-12-10-21/h1-8,13,15H,9-12,14H2. The van der Waals surface area contributed by atoms with Crippen molar-refractivity contribution in [3.63, 3.8) is 0 Å². The van der Waals surface area contributed by atoms with Crippen molar-refractivity contribution in [3.8, 4) is 11.3 Å². The Morgan fingerprint density at radius 3 is 2.58 bits per heavy atom. The third-order valence-electron chi connectivity index (χ3n) is 4.57. The molecule has 0 atom stereocenters. The fourth-order valence-electron chi connectivity index (χ4n) is 3.33. The molecular formula is C20H20N2O2. The average molecular weight is 320 g/mol. The largest absolute Gasteiger partial charge is 0.379 e. The van der Waals surface area contributed by atoms with Gasteiger partial charge in [-0.2, -0.15) is 0 Å². The van der Waals surface area contributed by atoms with Crippen LogP contribution >= 0.6 is 0 Å². The molecular weight excluding hydrogens is 300 g/mol. The van der Waals surface area contributed by atoms with Gasteiger partial charge in [0.15, 0.2) is 6.29 Å². The summed E-state index contributed by atoms with van der Waals surface area (Å²) in [6.45, 7) is 4.55. The summed E-state index contributed by atoms with van der Waals surface area (Å²) in [5.41, 5.74) is 5.07. The van der Waals surface area contributed by atoms with Crippen LogP contribution in [0.25, 0.3) is 16.8 Å². The van der Waals surface area contributed by atoms with E-state index in [9.17, 15) is 4.79 Å². The van der Waals surface area contributed by atoms with Crippen LogP contribution in [0.1, 0.15) is 15.9 Å². The molecule has 0 radical (unpaired) electrons. The highest BCUT2D eigenvalue weighted by molar-refractivity contribution is 5.90. The number of ether oxygens (including phenoxy) is 1. The first-order valence-electron chi connectivity index (χ1n) is 8.30. The van der Waals surface area contributed by atoms with Gasteiger partial charge in [0.2, 0.25) is 0 Å². The minimum atomic E-state index is 0.724. The first-order valence-corrected chi connectivity index (χ1v) is 8.30. The van der Waals surface area contributed by atoms with E-state index in [1.165, 1.54) is 5.56 Å². The third-order valence-corrected chi connectivity index (χ3v) is 4.57. The molecule has 1 saturated heterocycles. The van der Waals surface area contributed by atoms with E-state index in [4.69, 9.17) is 4.74 Å². The number of carbonyl (C=O) groups is 1. The SMILES string of the molecule is O=Cc1cc2ccccn2c1-c1ccc(CN2CCOCC2)cc1. The lowest BCUT2D eigenvalue weighted by Gasteiger charge is -2.26. The van der Waals surface area contributed by atoms with E-state index in [0.717, 1.165) is 61.5 Å². The second kappa shape index (κ2) is 6.59. The van der Waals surface area contributed by atoms with Crippen LogP contribution in [0.3, 0.4) is 0 Å². The molecule has 0 unspecified atom stereocenters. The maximum absolute atomic E-state index is 11.5. The smallest absolute Gasteiger partial charge is 0.152 e. The van der Waals surface area contributed by atoms with E-state index < -0.39 is 0 Å². The van der Waals surface area contributed by atoms with Crippen LogP contribution in [-0.2, 0) is 11.3 Å². The predicted octanol–water partition coefficient (Wildman–Crippen LogP) is 3.25. The summed E-state index contributed by atoms with van der Waals surface area (Å²) in [6.07, 6.45) is 2.93. The van der Waals surface area contributed by atoms with Crippen molar-refractivity contribution in [2.24, 2.45) is 0 Å². The normalized spacial score (nSPS) is 15.7. The number of benzene rings is 1. The summed E-state index contributed by atoms with van der Waals surface area (Å²) >= 11 is 0. The zero-order chi connectivity index (χ0) is 16.4. The van der Waals surface area contributed by atoms with Gasteiger partial charge in [0.05, 0.1) is 18.9 Å². The molecule has 3 heterocycles. The Labute approximate surface area is 141 Å². The van der Waals surface area contributed by atoms with Crippen molar-refractivity contribution in [2.45, 2.75) is 6.54 Å². The second-order valence-corrected chi connectivity index (χ2v) is 6.15. The van der Waals surface area contributed by atoms with Crippen LogP contribution in [0.15, 0.2) is 54.7 Å². The van der Waals surface area contributed by atoms with Gasteiger partial charge in [0.1, 0.15) is 0 Å². The van der Waals surface area contributed by atoms with Crippen LogP contribution in [0.5, 0.6) is 0 Å². The zero-order valence-corrected chi connectivity index (χ0v) is 13.5. The summed E-state index contributed by atoms with van der Waals surface area (Å²) in [5, 5.41) is 0. The summed E-state index contributed by atoms with van der Waals surface area (Å²) in [4.78, 5) is 13.9. The Hall–Kier alpha value is -2.43. The minimum Gasteiger partial charge on any atom is -0.379 e. The highest BCUT2D eigenvalue weighted by Gasteiger charge is 2.13. The van der Waals surface area contributed by atoms with Crippen molar-refractivity contribution >= 4 is 11.8 Å². The Morgan fingerprint density at radius 2 is 1.83 bits per heavy atom. The van der Waals surface area contributed by atoms with Crippen molar-refractivity contribution in [1.82, 2.24) is 9.30 Å². The van der Waals surface area contributed by atoms with Crippen molar-refractivity contribution in [3.05, 3.63) is 65.9 Å². The molecule has 4 rings (SSSR count). The van der Waals surface area contributed by atoms with Crippen molar-refractivity contribution in [1.29, 1.82) is 0 Å². The number of rotatable bonds is 4. The zero-order valence-electron chi connectivity index (χ0n) is 13.5. The van der Waals surface area contributed by atoms with Crippen molar-refractivity contribution in [2.75, 3.05) is 26.3 Å². The molecule has 122 valence electrons. The predicted molar refractivity (Wildman–Crippen MR) is 94.3 cm³/mol. The molecule has 0 amide bonds. The molecule has 24 heavy (non-hydrogen) atoms. The Kier molecular flexibility index (Phi) is 4.15. The molecule has 1 aliphatic heterocycles. The minimum absolute atomic E-state index is 0.724. The van der Waals surface area contributed by atoms with E-state index in [-0.39, 0.29) is 0 Å². The Morgan fingerprint density at radius 1 is 1.04 bits per heavy atom. The van der Waals surface area contributed by atoms with Gasteiger partial charge in [-0.05, 0) is 29.3 Å². The lowest BCUT2D eigenvalue weighted by Crippen LogP contribution is -2.35. The maximum Gasteiger partial charge on any atom is 0.152 e. The van der Waals surface area contributed by atoms with Gasteiger partial charge in [-0.1, -0.05) is 30.3 Å². The number of nitrogens with zero attached hydrogens (tertiary/aromatic N) is 2. The number of pyridine rings is 1. The van der Waals surface area contributed by atoms with Crippen LogP contribution in [0, 0.1) is 0 Å².